The predicted octanol–water partition coefficient (Wildman–Crippen LogP) is 4.67. The lowest BCUT2D eigenvalue weighted by atomic mass is 10.1. The normalized spacial score (nSPS) is 17.3. The van der Waals surface area contributed by atoms with Crippen LogP contribution in [0.2, 0.25) is 0 Å². The Morgan fingerprint density at radius 2 is 2.13 bits per heavy atom. The number of hydrogen-bond donors (Lipinski definition) is 1. The van der Waals surface area contributed by atoms with Crippen LogP contribution in [0.1, 0.15) is 23.4 Å². The van der Waals surface area contributed by atoms with Gasteiger partial charge in [0, 0.05) is 23.5 Å². The van der Waals surface area contributed by atoms with Crippen molar-refractivity contribution in [2.45, 2.75) is 18.7 Å². The summed E-state index contributed by atoms with van der Waals surface area (Å²) in [5.41, 5.74) is 2.51. The third-order valence-electron chi connectivity index (χ3n) is 3.91. The summed E-state index contributed by atoms with van der Waals surface area (Å²) in [6, 6.07) is 14.3. The Balaban J connectivity index is 1.77. The Bertz CT molecular complexity index is 707. The summed E-state index contributed by atoms with van der Waals surface area (Å²) >= 11 is 1.59. The summed E-state index contributed by atoms with van der Waals surface area (Å²) < 4.78 is 14.0. The van der Waals surface area contributed by atoms with Crippen LogP contribution < -0.4 is 5.32 Å². The van der Waals surface area contributed by atoms with Crippen LogP contribution >= 0.6 is 11.8 Å². The van der Waals surface area contributed by atoms with E-state index in [1.165, 1.54) is 11.6 Å². The number of anilines is 1. The van der Waals surface area contributed by atoms with Crippen molar-refractivity contribution in [1.29, 1.82) is 0 Å². The first-order chi connectivity index (χ1) is 11.2. The van der Waals surface area contributed by atoms with Gasteiger partial charge in [-0.05, 0) is 30.2 Å². The molecule has 1 fully saturated rings. The van der Waals surface area contributed by atoms with Crippen LogP contribution in [-0.4, -0.2) is 23.2 Å². The molecule has 0 bridgehead atoms. The van der Waals surface area contributed by atoms with Crippen LogP contribution in [-0.2, 0) is 6.42 Å². The van der Waals surface area contributed by atoms with Gasteiger partial charge in [0.05, 0.1) is 0 Å². The van der Waals surface area contributed by atoms with Gasteiger partial charge in [-0.25, -0.2) is 9.18 Å². The van der Waals surface area contributed by atoms with Crippen molar-refractivity contribution in [3.63, 3.8) is 0 Å². The quantitative estimate of drug-likeness (QED) is 0.887. The standard InChI is InChI=1S/C18H19FN2OS/c1-2-13-6-5-7-14(12-13)20-18(22)21-10-11-23-17(21)15-8-3-4-9-16(15)19/h3-9,12,17H,2,10-11H2,1H3,(H,20,22). The molecule has 2 aromatic rings. The van der Waals surface area contributed by atoms with Gasteiger partial charge in [0.25, 0.3) is 0 Å². The van der Waals surface area contributed by atoms with Gasteiger partial charge in [-0.3, -0.25) is 0 Å². The molecule has 2 amide bonds. The van der Waals surface area contributed by atoms with Crippen molar-refractivity contribution in [1.82, 2.24) is 4.90 Å². The van der Waals surface area contributed by atoms with E-state index in [2.05, 4.69) is 12.2 Å². The number of rotatable bonds is 3. The van der Waals surface area contributed by atoms with E-state index >= 15 is 0 Å². The molecule has 0 spiro atoms. The average molecular weight is 330 g/mol. The zero-order valence-electron chi connectivity index (χ0n) is 13.0. The molecule has 1 aliphatic rings. The van der Waals surface area contributed by atoms with Crippen LogP contribution in [0.4, 0.5) is 14.9 Å². The summed E-state index contributed by atoms with van der Waals surface area (Å²) in [6.45, 7) is 2.69. The van der Waals surface area contributed by atoms with Crippen LogP contribution in [0.25, 0.3) is 0 Å². The molecule has 0 aliphatic carbocycles. The van der Waals surface area contributed by atoms with Crippen molar-refractivity contribution < 1.29 is 9.18 Å². The van der Waals surface area contributed by atoms with Crippen molar-refractivity contribution >= 4 is 23.5 Å². The van der Waals surface area contributed by atoms with Crippen LogP contribution in [0.5, 0.6) is 0 Å². The van der Waals surface area contributed by atoms with Crippen molar-refractivity contribution in [3.8, 4) is 0 Å². The first-order valence-electron chi connectivity index (χ1n) is 7.71. The van der Waals surface area contributed by atoms with Gasteiger partial charge in [-0.15, -0.1) is 11.8 Å². The second-order valence-electron chi connectivity index (χ2n) is 5.42. The van der Waals surface area contributed by atoms with E-state index in [1.807, 2.05) is 24.3 Å². The molecule has 3 rings (SSSR count). The second kappa shape index (κ2) is 7.04. The molecule has 5 heteroatoms. The number of nitrogens with zero attached hydrogens (tertiary/aromatic N) is 1. The summed E-state index contributed by atoms with van der Waals surface area (Å²) in [6.07, 6.45) is 0.918. The van der Waals surface area contributed by atoms with Crippen molar-refractivity contribution in [2.24, 2.45) is 0 Å². The smallest absolute Gasteiger partial charge is 0.308 e. The van der Waals surface area contributed by atoms with Gasteiger partial charge < -0.3 is 10.2 Å². The lowest BCUT2D eigenvalue weighted by Crippen LogP contribution is -2.34. The Kier molecular flexibility index (Phi) is 4.86. The van der Waals surface area contributed by atoms with Gasteiger partial charge in [-0.1, -0.05) is 37.3 Å². The van der Waals surface area contributed by atoms with E-state index in [-0.39, 0.29) is 17.2 Å². The Labute approximate surface area is 139 Å². The molecule has 2 aromatic carbocycles. The first kappa shape index (κ1) is 15.9. The van der Waals surface area contributed by atoms with Gasteiger partial charge in [0.1, 0.15) is 11.2 Å². The maximum atomic E-state index is 14.0. The molecule has 1 atom stereocenters. The molecular formula is C18H19FN2OS. The molecule has 1 saturated heterocycles. The molecular weight excluding hydrogens is 311 g/mol. The molecule has 1 unspecified atom stereocenters. The van der Waals surface area contributed by atoms with Crippen LogP contribution in [0.15, 0.2) is 48.5 Å². The molecule has 1 heterocycles. The third-order valence-corrected chi connectivity index (χ3v) is 5.15. The molecule has 0 saturated carbocycles. The molecule has 120 valence electrons. The van der Waals surface area contributed by atoms with E-state index in [9.17, 15) is 9.18 Å². The van der Waals surface area contributed by atoms with E-state index < -0.39 is 0 Å². The van der Waals surface area contributed by atoms with E-state index in [1.54, 1.807) is 34.9 Å². The largest absolute Gasteiger partial charge is 0.323 e. The second-order valence-corrected chi connectivity index (χ2v) is 6.61. The number of nitrogens with one attached hydrogen (secondary N) is 1. The fourth-order valence-electron chi connectivity index (χ4n) is 2.68. The Morgan fingerprint density at radius 1 is 1.30 bits per heavy atom. The highest BCUT2D eigenvalue weighted by atomic mass is 32.2. The fourth-order valence-corrected chi connectivity index (χ4v) is 3.95. The zero-order valence-corrected chi connectivity index (χ0v) is 13.8. The number of urea groups is 1. The first-order valence-corrected chi connectivity index (χ1v) is 8.76. The van der Waals surface area contributed by atoms with Gasteiger partial charge in [0.15, 0.2) is 0 Å². The minimum absolute atomic E-state index is 0.184. The molecule has 3 nitrogen and oxygen atoms in total. The van der Waals surface area contributed by atoms with Gasteiger partial charge in [0.2, 0.25) is 0 Å². The SMILES string of the molecule is CCc1cccc(NC(=O)N2CCSC2c2ccccc2F)c1. The topological polar surface area (TPSA) is 32.3 Å². The van der Waals surface area contributed by atoms with Crippen LogP contribution in [0, 0.1) is 5.82 Å². The Morgan fingerprint density at radius 3 is 2.91 bits per heavy atom. The number of benzene rings is 2. The van der Waals surface area contributed by atoms with E-state index in [0.29, 0.717) is 12.1 Å². The maximum Gasteiger partial charge on any atom is 0.323 e. The average Bonchev–Trinajstić information content (AvgIpc) is 3.05. The number of carbonyl (C=O) groups excluding carboxylic acids is 1. The lowest BCUT2D eigenvalue weighted by Gasteiger charge is -2.24. The molecule has 23 heavy (non-hydrogen) atoms. The number of thioether (sulfide) groups is 1. The minimum atomic E-state index is -0.273. The number of halogens is 1. The van der Waals surface area contributed by atoms with Gasteiger partial charge in [-0.2, -0.15) is 0 Å². The predicted molar refractivity (Wildman–Crippen MR) is 93.1 cm³/mol. The van der Waals surface area contributed by atoms with Crippen molar-refractivity contribution in [2.75, 3.05) is 17.6 Å². The minimum Gasteiger partial charge on any atom is -0.308 e. The number of carbonyl (C=O) groups is 1. The van der Waals surface area contributed by atoms with Gasteiger partial charge >= 0.3 is 6.03 Å². The lowest BCUT2D eigenvalue weighted by molar-refractivity contribution is 0.213. The monoisotopic (exact) mass is 330 g/mol. The van der Waals surface area contributed by atoms with E-state index in [4.69, 9.17) is 0 Å². The Hall–Kier alpha value is -2.01. The van der Waals surface area contributed by atoms with Crippen molar-refractivity contribution in [3.05, 3.63) is 65.5 Å². The number of aryl methyl sites for hydroxylation is 1. The number of amides is 2. The zero-order chi connectivity index (χ0) is 16.2. The molecule has 1 aliphatic heterocycles. The fraction of sp³-hybridized carbons (Fsp3) is 0.278. The highest BCUT2D eigenvalue weighted by Crippen LogP contribution is 2.39. The highest BCUT2D eigenvalue weighted by Gasteiger charge is 2.32. The summed E-state index contributed by atoms with van der Waals surface area (Å²) in [5.74, 6) is 0.541. The third kappa shape index (κ3) is 3.50. The molecule has 0 aromatic heterocycles. The van der Waals surface area contributed by atoms with Crippen LogP contribution in [0.3, 0.4) is 0 Å². The summed E-state index contributed by atoms with van der Waals surface area (Å²) in [7, 11) is 0. The maximum absolute atomic E-state index is 14.0. The summed E-state index contributed by atoms with van der Waals surface area (Å²) in [4.78, 5) is 14.3. The number of hydrogen-bond acceptors (Lipinski definition) is 2. The molecule has 0 radical (unpaired) electrons. The highest BCUT2D eigenvalue weighted by molar-refractivity contribution is 7.99. The summed E-state index contributed by atoms with van der Waals surface area (Å²) in [5, 5.41) is 2.66. The van der Waals surface area contributed by atoms with E-state index in [0.717, 1.165) is 17.9 Å². The molecule has 1 N–H and O–H groups in total.